The summed E-state index contributed by atoms with van der Waals surface area (Å²) in [5, 5.41) is 12.1. The van der Waals surface area contributed by atoms with Gasteiger partial charge >= 0.3 is 0 Å². The predicted molar refractivity (Wildman–Crippen MR) is 94.3 cm³/mol. The van der Waals surface area contributed by atoms with Crippen LogP contribution < -0.4 is 5.32 Å². The van der Waals surface area contributed by atoms with Gasteiger partial charge < -0.3 is 9.88 Å². The van der Waals surface area contributed by atoms with Gasteiger partial charge in [-0.2, -0.15) is 0 Å². The van der Waals surface area contributed by atoms with Crippen LogP contribution in [-0.4, -0.2) is 32.5 Å². The van der Waals surface area contributed by atoms with Crippen LogP contribution in [-0.2, 0) is 11.3 Å². The molecule has 1 amide bonds. The number of benzene rings is 1. The molecule has 2 aromatic rings. The molecule has 0 saturated carbocycles. The Morgan fingerprint density at radius 3 is 2.52 bits per heavy atom. The lowest BCUT2D eigenvalue weighted by Gasteiger charge is -2.13. The second-order valence-corrected chi connectivity index (χ2v) is 7.12. The molecule has 6 heteroatoms. The van der Waals surface area contributed by atoms with Crippen LogP contribution in [0.5, 0.6) is 0 Å². The average Bonchev–Trinajstić information content (AvgIpc) is 2.95. The fourth-order valence-corrected chi connectivity index (χ4v) is 3.06. The molecule has 124 valence electrons. The number of amides is 1. The second kappa shape index (κ2) is 8.15. The van der Waals surface area contributed by atoms with Crippen molar-refractivity contribution in [2.24, 2.45) is 5.92 Å². The summed E-state index contributed by atoms with van der Waals surface area (Å²) in [6.45, 7) is 9.58. The van der Waals surface area contributed by atoms with Crippen LogP contribution in [0.2, 0.25) is 0 Å². The predicted octanol–water partition coefficient (Wildman–Crippen LogP) is 3.22. The lowest BCUT2D eigenvalue weighted by molar-refractivity contribution is -0.120. The van der Waals surface area contributed by atoms with E-state index in [-0.39, 0.29) is 11.2 Å². The third-order valence-electron chi connectivity index (χ3n) is 3.40. The first kappa shape index (κ1) is 17.5. The molecule has 0 fully saturated rings. The van der Waals surface area contributed by atoms with E-state index in [9.17, 15) is 4.79 Å². The quantitative estimate of drug-likeness (QED) is 0.791. The van der Waals surface area contributed by atoms with E-state index in [1.54, 1.807) is 0 Å². The SMILES string of the molecule is CCn1c(S[C@H](C)C(=O)NCC(C)C)nnc1-c1ccccc1. The highest BCUT2D eigenvalue weighted by atomic mass is 32.2. The number of rotatable bonds is 7. The van der Waals surface area contributed by atoms with Crippen LogP contribution in [0.15, 0.2) is 35.5 Å². The Balaban J connectivity index is 2.12. The Hall–Kier alpha value is -1.82. The minimum absolute atomic E-state index is 0.0376. The van der Waals surface area contributed by atoms with Crippen molar-refractivity contribution in [3.05, 3.63) is 30.3 Å². The van der Waals surface area contributed by atoms with Crippen LogP contribution in [0.4, 0.5) is 0 Å². The molecule has 1 heterocycles. The number of nitrogens with zero attached hydrogens (tertiary/aromatic N) is 3. The maximum absolute atomic E-state index is 12.1. The van der Waals surface area contributed by atoms with E-state index in [0.717, 1.165) is 23.1 Å². The largest absolute Gasteiger partial charge is 0.355 e. The summed E-state index contributed by atoms with van der Waals surface area (Å²) in [6.07, 6.45) is 0. The van der Waals surface area contributed by atoms with Crippen LogP contribution in [0.3, 0.4) is 0 Å². The minimum Gasteiger partial charge on any atom is -0.355 e. The Bertz CT molecular complexity index is 639. The van der Waals surface area contributed by atoms with Gasteiger partial charge in [0.15, 0.2) is 11.0 Å². The first-order valence-electron chi connectivity index (χ1n) is 7.95. The average molecular weight is 332 g/mol. The van der Waals surface area contributed by atoms with Crippen molar-refractivity contribution in [2.75, 3.05) is 6.54 Å². The van der Waals surface area contributed by atoms with Gasteiger partial charge in [0.2, 0.25) is 5.91 Å². The van der Waals surface area contributed by atoms with Crippen LogP contribution in [0.25, 0.3) is 11.4 Å². The maximum Gasteiger partial charge on any atom is 0.233 e. The Labute approximate surface area is 141 Å². The Morgan fingerprint density at radius 1 is 1.22 bits per heavy atom. The van der Waals surface area contributed by atoms with E-state index in [1.807, 2.05) is 41.8 Å². The normalized spacial score (nSPS) is 12.4. The number of thioether (sulfide) groups is 1. The molecule has 0 bridgehead atoms. The zero-order valence-electron chi connectivity index (χ0n) is 14.1. The number of hydrogen-bond donors (Lipinski definition) is 1. The molecule has 2 rings (SSSR count). The molecule has 0 unspecified atom stereocenters. The van der Waals surface area contributed by atoms with E-state index in [1.165, 1.54) is 11.8 Å². The second-order valence-electron chi connectivity index (χ2n) is 5.82. The topological polar surface area (TPSA) is 59.8 Å². The van der Waals surface area contributed by atoms with Crippen molar-refractivity contribution < 1.29 is 4.79 Å². The van der Waals surface area contributed by atoms with Gasteiger partial charge in [-0.25, -0.2) is 0 Å². The summed E-state index contributed by atoms with van der Waals surface area (Å²) >= 11 is 1.45. The number of carbonyl (C=O) groups is 1. The van der Waals surface area contributed by atoms with E-state index >= 15 is 0 Å². The molecule has 23 heavy (non-hydrogen) atoms. The van der Waals surface area contributed by atoms with E-state index < -0.39 is 0 Å². The number of nitrogens with one attached hydrogen (secondary N) is 1. The third kappa shape index (κ3) is 4.58. The van der Waals surface area contributed by atoms with Crippen molar-refractivity contribution in [2.45, 2.75) is 44.6 Å². The van der Waals surface area contributed by atoms with Gasteiger partial charge in [0.1, 0.15) is 0 Å². The molecule has 1 atom stereocenters. The van der Waals surface area contributed by atoms with E-state index in [0.29, 0.717) is 12.5 Å². The Kier molecular flexibility index (Phi) is 6.21. The summed E-state index contributed by atoms with van der Waals surface area (Å²) in [6, 6.07) is 9.98. The van der Waals surface area contributed by atoms with Gasteiger partial charge in [-0.3, -0.25) is 4.79 Å². The van der Waals surface area contributed by atoms with Gasteiger partial charge in [-0.15, -0.1) is 10.2 Å². The molecule has 0 aliphatic rings. The number of aromatic nitrogens is 3. The van der Waals surface area contributed by atoms with Crippen LogP contribution in [0.1, 0.15) is 27.7 Å². The van der Waals surface area contributed by atoms with Crippen molar-refractivity contribution >= 4 is 17.7 Å². The van der Waals surface area contributed by atoms with Crippen molar-refractivity contribution in [1.82, 2.24) is 20.1 Å². The smallest absolute Gasteiger partial charge is 0.233 e. The number of hydrogen-bond acceptors (Lipinski definition) is 4. The highest BCUT2D eigenvalue weighted by molar-refractivity contribution is 8.00. The molecule has 0 saturated heterocycles. The van der Waals surface area contributed by atoms with Crippen molar-refractivity contribution in [1.29, 1.82) is 0 Å². The molecule has 0 spiro atoms. The fraction of sp³-hybridized carbons (Fsp3) is 0.471. The van der Waals surface area contributed by atoms with Gasteiger partial charge in [0.05, 0.1) is 5.25 Å². The molecule has 1 aromatic carbocycles. The van der Waals surface area contributed by atoms with Gasteiger partial charge in [-0.05, 0) is 19.8 Å². The molecule has 1 aromatic heterocycles. The summed E-state index contributed by atoms with van der Waals surface area (Å²) < 4.78 is 2.05. The molecule has 0 aliphatic heterocycles. The molecular weight excluding hydrogens is 308 g/mol. The lowest BCUT2D eigenvalue weighted by Crippen LogP contribution is -2.33. The monoisotopic (exact) mass is 332 g/mol. The van der Waals surface area contributed by atoms with E-state index in [2.05, 4.69) is 36.3 Å². The van der Waals surface area contributed by atoms with Gasteiger partial charge in [-0.1, -0.05) is 55.9 Å². The summed E-state index contributed by atoms with van der Waals surface area (Å²) in [4.78, 5) is 12.1. The molecule has 5 nitrogen and oxygen atoms in total. The van der Waals surface area contributed by atoms with Crippen molar-refractivity contribution in [3.8, 4) is 11.4 Å². The van der Waals surface area contributed by atoms with E-state index in [4.69, 9.17) is 0 Å². The van der Waals surface area contributed by atoms with Crippen molar-refractivity contribution in [3.63, 3.8) is 0 Å². The fourth-order valence-electron chi connectivity index (χ4n) is 2.12. The Morgan fingerprint density at radius 2 is 1.91 bits per heavy atom. The lowest BCUT2D eigenvalue weighted by atomic mass is 10.2. The standard InChI is InChI=1S/C17H24N4OS/c1-5-21-15(14-9-7-6-8-10-14)19-20-17(21)23-13(4)16(22)18-11-12(2)3/h6-10,12-13H,5,11H2,1-4H3,(H,18,22)/t13-/m1/s1. The minimum atomic E-state index is -0.202. The summed E-state index contributed by atoms with van der Waals surface area (Å²) in [7, 11) is 0. The first-order valence-corrected chi connectivity index (χ1v) is 8.83. The molecule has 1 N–H and O–H groups in total. The van der Waals surface area contributed by atoms with Crippen LogP contribution in [0, 0.1) is 5.92 Å². The summed E-state index contributed by atoms with van der Waals surface area (Å²) in [5.41, 5.74) is 1.03. The zero-order chi connectivity index (χ0) is 16.8. The molecule has 0 aliphatic carbocycles. The number of carbonyl (C=O) groups excluding carboxylic acids is 1. The third-order valence-corrected chi connectivity index (χ3v) is 4.48. The molecule has 0 radical (unpaired) electrons. The first-order chi connectivity index (χ1) is 11.0. The highest BCUT2D eigenvalue weighted by Gasteiger charge is 2.20. The highest BCUT2D eigenvalue weighted by Crippen LogP contribution is 2.26. The zero-order valence-corrected chi connectivity index (χ0v) is 14.9. The summed E-state index contributed by atoms with van der Waals surface area (Å²) in [5.74, 6) is 1.32. The molecular formula is C17H24N4OS. The maximum atomic E-state index is 12.1. The van der Waals surface area contributed by atoms with Crippen LogP contribution >= 0.6 is 11.8 Å². The van der Waals surface area contributed by atoms with Gasteiger partial charge in [0, 0.05) is 18.7 Å². The van der Waals surface area contributed by atoms with Gasteiger partial charge in [0.25, 0.3) is 0 Å².